The highest BCUT2D eigenvalue weighted by molar-refractivity contribution is 7.15. The lowest BCUT2D eigenvalue weighted by molar-refractivity contribution is -0.139. The molecule has 2 heterocycles. The van der Waals surface area contributed by atoms with E-state index in [0.717, 1.165) is 6.42 Å². The fraction of sp³-hybridized carbons (Fsp3) is 0.250. The molecular formula is C12H12N2O3S. The largest absolute Gasteiger partial charge is 0.456 e. The quantitative estimate of drug-likeness (QED) is 0.623. The SMILES string of the molecule is CC/C=C/C(=O)OCc1cc(=O)n2ccsc2n1. The van der Waals surface area contributed by atoms with Crippen molar-refractivity contribution < 1.29 is 9.53 Å². The molecule has 18 heavy (non-hydrogen) atoms. The highest BCUT2D eigenvalue weighted by Gasteiger charge is 2.05. The Balaban J connectivity index is 2.10. The number of thiazole rings is 1. The first-order chi connectivity index (χ1) is 8.70. The average Bonchev–Trinajstić information content (AvgIpc) is 2.82. The highest BCUT2D eigenvalue weighted by atomic mass is 32.1. The van der Waals surface area contributed by atoms with Gasteiger partial charge in [-0.3, -0.25) is 9.20 Å². The summed E-state index contributed by atoms with van der Waals surface area (Å²) in [6.07, 6.45) is 5.52. The van der Waals surface area contributed by atoms with E-state index in [1.165, 1.54) is 27.9 Å². The molecule has 2 aromatic heterocycles. The van der Waals surface area contributed by atoms with E-state index in [2.05, 4.69) is 4.98 Å². The molecule has 6 heteroatoms. The molecule has 0 N–H and O–H groups in total. The van der Waals surface area contributed by atoms with Crippen molar-refractivity contribution in [2.75, 3.05) is 0 Å². The van der Waals surface area contributed by atoms with Crippen LogP contribution in [-0.4, -0.2) is 15.4 Å². The van der Waals surface area contributed by atoms with Gasteiger partial charge in [0.05, 0.1) is 5.69 Å². The summed E-state index contributed by atoms with van der Waals surface area (Å²) in [4.78, 5) is 27.7. The van der Waals surface area contributed by atoms with Crippen LogP contribution in [0, 0.1) is 0 Å². The summed E-state index contributed by atoms with van der Waals surface area (Å²) in [5.74, 6) is -0.426. The first-order valence-electron chi connectivity index (χ1n) is 5.50. The molecule has 5 nitrogen and oxygen atoms in total. The molecule has 94 valence electrons. The van der Waals surface area contributed by atoms with E-state index in [-0.39, 0.29) is 12.2 Å². The van der Waals surface area contributed by atoms with Gasteiger partial charge < -0.3 is 4.74 Å². The number of fused-ring (bicyclic) bond motifs is 1. The minimum absolute atomic E-state index is 0.0104. The fourth-order valence-electron chi connectivity index (χ4n) is 1.37. The maximum atomic E-state index is 11.7. The van der Waals surface area contributed by atoms with Gasteiger partial charge in [-0.1, -0.05) is 13.0 Å². The van der Waals surface area contributed by atoms with Gasteiger partial charge in [-0.25, -0.2) is 9.78 Å². The molecule has 0 aliphatic heterocycles. The number of allylic oxidation sites excluding steroid dienone is 1. The van der Waals surface area contributed by atoms with Gasteiger partial charge in [0.25, 0.3) is 5.56 Å². The number of esters is 1. The summed E-state index contributed by atoms with van der Waals surface area (Å²) in [6, 6.07) is 1.37. The van der Waals surface area contributed by atoms with Crippen molar-refractivity contribution in [1.82, 2.24) is 9.38 Å². The molecule has 0 fully saturated rings. The lowest BCUT2D eigenvalue weighted by Crippen LogP contribution is -2.14. The summed E-state index contributed by atoms with van der Waals surface area (Å²) >= 11 is 1.36. The second kappa shape index (κ2) is 5.59. The van der Waals surface area contributed by atoms with E-state index in [1.54, 1.807) is 17.7 Å². The maximum Gasteiger partial charge on any atom is 0.330 e. The predicted molar refractivity (Wildman–Crippen MR) is 68.6 cm³/mol. The van der Waals surface area contributed by atoms with E-state index in [0.29, 0.717) is 10.7 Å². The number of hydrogen-bond donors (Lipinski definition) is 0. The Kier molecular flexibility index (Phi) is 3.88. The van der Waals surface area contributed by atoms with Crippen LogP contribution in [0.4, 0.5) is 0 Å². The van der Waals surface area contributed by atoms with Crippen LogP contribution in [-0.2, 0) is 16.1 Å². The van der Waals surface area contributed by atoms with Gasteiger partial charge in [0.15, 0.2) is 4.96 Å². The third-order valence-electron chi connectivity index (χ3n) is 2.21. The van der Waals surface area contributed by atoms with Crippen molar-refractivity contribution in [3.8, 4) is 0 Å². The Morgan fingerprint density at radius 2 is 2.44 bits per heavy atom. The molecule has 0 bridgehead atoms. The zero-order valence-corrected chi connectivity index (χ0v) is 10.6. The molecule has 0 saturated carbocycles. The third kappa shape index (κ3) is 2.84. The van der Waals surface area contributed by atoms with Crippen LogP contribution in [0.25, 0.3) is 4.96 Å². The Morgan fingerprint density at radius 1 is 1.61 bits per heavy atom. The molecule has 0 radical (unpaired) electrons. The molecule has 0 aliphatic carbocycles. The van der Waals surface area contributed by atoms with Crippen molar-refractivity contribution in [2.45, 2.75) is 20.0 Å². The van der Waals surface area contributed by atoms with Gasteiger partial charge in [0.1, 0.15) is 6.61 Å². The second-order valence-electron chi connectivity index (χ2n) is 3.56. The van der Waals surface area contributed by atoms with Crippen molar-refractivity contribution in [3.05, 3.63) is 45.8 Å². The number of aromatic nitrogens is 2. The lowest BCUT2D eigenvalue weighted by Gasteiger charge is -2.01. The summed E-state index contributed by atoms with van der Waals surface area (Å²) in [6.45, 7) is 1.94. The van der Waals surface area contributed by atoms with Gasteiger partial charge in [-0.15, -0.1) is 11.3 Å². The summed E-state index contributed by atoms with van der Waals surface area (Å²) in [5.41, 5.74) is 0.289. The topological polar surface area (TPSA) is 60.7 Å². The van der Waals surface area contributed by atoms with Gasteiger partial charge in [-0.2, -0.15) is 0 Å². The van der Waals surface area contributed by atoms with Crippen LogP contribution in [0.2, 0.25) is 0 Å². The van der Waals surface area contributed by atoms with E-state index in [4.69, 9.17) is 4.74 Å². The zero-order chi connectivity index (χ0) is 13.0. The van der Waals surface area contributed by atoms with Crippen LogP contribution >= 0.6 is 11.3 Å². The first kappa shape index (κ1) is 12.5. The maximum absolute atomic E-state index is 11.7. The number of ether oxygens (including phenoxy) is 1. The minimum Gasteiger partial charge on any atom is -0.456 e. The molecular weight excluding hydrogens is 252 g/mol. The molecule has 0 saturated heterocycles. The number of carbonyl (C=O) groups is 1. The summed E-state index contributed by atoms with van der Waals surface area (Å²) in [7, 11) is 0. The van der Waals surface area contributed by atoms with Gasteiger partial charge >= 0.3 is 5.97 Å². The van der Waals surface area contributed by atoms with E-state index >= 15 is 0 Å². The molecule has 0 atom stereocenters. The Bertz CT molecular complexity index is 642. The van der Waals surface area contributed by atoms with Crippen LogP contribution in [0.5, 0.6) is 0 Å². The Hall–Kier alpha value is -1.95. The predicted octanol–water partition coefficient (Wildman–Crippen LogP) is 1.77. The van der Waals surface area contributed by atoms with Crippen LogP contribution in [0.15, 0.2) is 34.6 Å². The number of rotatable bonds is 4. The summed E-state index contributed by atoms with van der Waals surface area (Å²) < 4.78 is 6.43. The standard InChI is InChI=1S/C12H12N2O3S/c1-2-3-4-11(16)17-8-9-7-10(15)14-5-6-18-12(14)13-9/h3-7H,2,8H2,1H3/b4-3+. The first-order valence-corrected chi connectivity index (χ1v) is 6.37. The van der Waals surface area contributed by atoms with Crippen LogP contribution in [0.3, 0.4) is 0 Å². The molecule has 0 spiro atoms. The minimum atomic E-state index is -0.426. The Morgan fingerprint density at radius 3 is 3.22 bits per heavy atom. The van der Waals surface area contributed by atoms with Crippen molar-refractivity contribution in [1.29, 1.82) is 0 Å². The summed E-state index contributed by atoms with van der Waals surface area (Å²) in [5, 5.41) is 1.78. The van der Waals surface area contributed by atoms with Crippen molar-refractivity contribution in [3.63, 3.8) is 0 Å². The average molecular weight is 264 g/mol. The van der Waals surface area contributed by atoms with Gasteiger partial charge in [0.2, 0.25) is 0 Å². The smallest absolute Gasteiger partial charge is 0.330 e. The number of nitrogens with zero attached hydrogens (tertiary/aromatic N) is 2. The van der Waals surface area contributed by atoms with E-state index in [1.807, 2.05) is 6.92 Å². The van der Waals surface area contributed by atoms with Gasteiger partial charge in [0, 0.05) is 23.7 Å². The van der Waals surface area contributed by atoms with Gasteiger partial charge in [-0.05, 0) is 6.42 Å². The third-order valence-corrected chi connectivity index (χ3v) is 2.96. The normalized spacial score (nSPS) is 11.2. The van der Waals surface area contributed by atoms with Crippen LogP contribution < -0.4 is 5.56 Å². The van der Waals surface area contributed by atoms with E-state index in [9.17, 15) is 9.59 Å². The molecule has 2 aromatic rings. The van der Waals surface area contributed by atoms with Crippen LogP contribution in [0.1, 0.15) is 19.0 Å². The fourth-order valence-corrected chi connectivity index (χ4v) is 2.11. The lowest BCUT2D eigenvalue weighted by atomic mass is 10.4. The van der Waals surface area contributed by atoms with Crippen molar-refractivity contribution >= 4 is 22.3 Å². The monoisotopic (exact) mass is 264 g/mol. The van der Waals surface area contributed by atoms with E-state index < -0.39 is 5.97 Å². The number of carbonyl (C=O) groups excluding carboxylic acids is 1. The molecule has 0 aromatic carbocycles. The highest BCUT2D eigenvalue weighted by Crippen LogP contribution is 2.07. The molecule has 0 unspecified atom stereocenters. The molecule has 0 amide bonds. The second-order valence-corrected chi connectivity index (χ2v) is 4.43. The van der Waals surface area contributed by atoms with Crippen molar-refractivity contribution in [2.24, 2.45) is 0 Å². The number of hydrogen-bond acceptors (Lipinski definition) is 5. The molecule has 2 rings (SSSR count). The zero-order valence-electron chi connectivity index (χ0n) is 9.83. The Labute approximate surface area is 107 Å². The molecule has 0 aliphatic rings.